The van der Waals surface area contributed by atoms with Gasteiger partial charge in [-0.3, -0.25) is 0 Å². The third-order valence-corrected chi connectivity index (χ3v) is 4.97. The van der Waals surface area contributed by atoms with Gasteiger partial charge in [0, 0.05) is 43.0 Å². The summed E-state index contributed by atoms with van der Waals surface area (Å²) in [6, 6.07) is 11.9. The second-order valence-electron chi connectivity index (χ2n) is 7.23. The van der Waals surface area contributed by atoms with Gasteiger partial charge in [-0.1, -0.05) is 12.1 Å². The summed E-state index contributed by atoms with van der Waals surface area (Å²) in [7, 11) is 0. The molecule has 0 unspecified atom stereocenters. The number of tetrazole rings is 1. The summed E-state index contributed by atoms with van der Waals surface area (Å²) in [6.45, 7) is 1.17. The van der Waals surface area contributed by atoms with Crippen LogP contribution in [0.1, 0.15) is 18.4 Å². The van der Waals surface area contributed by atoms with Gasteiger partial charge in [-0.05, 0) is 41.6 Å². The van der Waals surface area contributed by atoms with Crippen LogP contribution in [0.2, 0.25) is 0 Å². The Morgan fingerprint density at radius 1 is 1.07 bits per heavy atom. The third-order valence-electron chi connectivity index (χ3n) is 4.97. The van der Waals surface area contributed by atoms with Crippen LogP contribution in [0.15, 0.2) is 48.5 Å². The highest BCUT2D eigenvalue weighted by molar-refractivity contribution is 5.77. The number of nitrogens with one attached hydrogen (secondary N) is 1. The number of aromatic nitrogens is 4. The maximum absolute atomic E-state index is 12.8. The standard InChI is InChI=1S/C20H20F3N5O2/c21-20(22,23)14-5-7-15(8-6-14)24-17-4-2-1-3-16(17)18-25-27-28(26-18)13-19(29)9-11-30-12-10-19/h1-8,24,29H,9-13H2. The molecule has 0 aliphatic carbocycles. The number of rotatable bonds is 5. The van der Waals surface area contributed by atoms with Gasteiger partial charge in [0.15, 0.2) is 0 Å². The van der Waals surface area contributed by atoms with Crippen molar-refractivity contribution in [3.05, 3.63) is 54.1 Å². The zero-order chi connectivity index (χ0) is 21.2. The van der Waals surface area contributed by atoms with E-state index in [0.717, 1.165) is 12.1 Å². The zero-order valence-electron chi connectivity index (χ0n) is 15.9. The van der Waals surface area contributed by atoms with Gasteiger partial charge in [0.2, 0.25) is 5.82 Å². The fraction of sp³-hybridized carbons (Fsp3) is 0.350. The SMILES string of the molecule is OC1(Cn2nnc(-c3ccccc3Nc3ccc(C(F)(F)F)cc3)n2)CCOCC1. The first kappa shape index (κ1) is 20.3. The molecule has 4 rings (SSSR count). The van der Waals surface area contributed by atoms with Gasteiger partial charge in [-0.25, -0.2) is 0 Å². The number of alkyl halides is 3. The lowest BCUT2D eigenvalue weighted by atomic mass is 9.95. The van der Waals surface area contributed by atoms with Gasteiger partial charge in [-0.15, -0.1) is 10.2 Å². The van der Waals surface area contributed by atoms with Crippen LogP contribution >= 0.6 is 0 Å². The molecule has 0 bridgehead atoms. The van der Waals surface area contributed by atoms with E-state index in [9.17, 15) is 18.3 Å². The topological polar surface area (TPSA) is 85.1 Å². The number of halogens is 3. The lowest BCUT2D eigenvalue weighted by Gasteiger charge is -2.30. The van der Waals surface area contributed by atoms with Crippen LogP contribution < -0.4 is 5.32 Å². The van der Waals surface area contributed by atoms with Crippen LogP contribution in [0.25, 0.3) is 11.4 Å². The molecule has 7 nitrogen and oxygen atoms in total. The predicted octanol–water partition coefficient (Wildman–Crippen LogP) is 3.64. The molecule has 3 aromatic rings. The fourth-order valence-corrected chi connectivity index (χ4v) is 3.28. The van der Waals surface area contributed by atoms with Gasteiger partial charge >= 0.3 is 6.18 Å². The minimum Gasteiger partial charge on any atom is -0.388 e. The molecule has 0 atom stereocenters. The van der Waals surface area contributed by atoms with E-state index in [4.69, 9.17) is 4.74 Å². The second-order valence-corrected chi connectivity index (χ2v) is 7.23. The van der Waals surface area contributed by atoms with Crippen molar-refractivity contribution in [2.75, 3.05) is 18.5 Å². The Bertz CT molecular complexity index is 998. The number of anilines is 2. The molecule has 0 radical (unpaired) electrons. The van der Waals surface area contributed by atoms with Crippen molar-refractivity contribution in [1.82, 2.24) is 20.2 Å². The molecule has 2 heterocycles. The summed E-state index contributed by atoms with van der Waals surface area (Å²) < 4.78 is 43.6. The summed E-state index contributed by atoms with van der Waals surface area (Å²) in [5, 5.41) is 26.2. The van der Waals surface area contributed by atoms with Gasteiger partial charge < -0.3 is 15.2 Å². The molecule has 2 aromatic carbocycles. The maximum atomic E-state index is 12.8. The van der Waals surface area contributed by atoms with E-state index >= 15 is 0 Å². The summed E-state index contributed by atoms with van der Waals surface area (Å²) >= 11 is 0. The molecule has 0 saturated carbocycles. The first-order valence-corrected chi connectivity index (χ1v) is 9.44. The highest BCUT2D eigenvalue weighted by Gasteiger charge is 2.32. The summed E-state index contributed by atoms with van der Waals surface area (Å²) in [5.41, 5.74) is 0.120. The van der Waals surface area contributed by atoms with E-state index in [0.29, 0.717) is 48.8 Å². The van der Waals surface area contributed by atoms with Gasteiger partial charge in [0.25, 0.3) is 0 Å². The molecule has 1 aliphatic heterocycles. The molecule has 1 aromatic heterocycles. The molecule has 0 spiro atoms. The maximum Gasteiger partial charge on any atom is 0.416 e. The molecule has 1 aliphatic rings. The number of hydrogen-bond donors (Lipinski definition) is 2. The Balaban J connectivity index is 1.53. The Morgan fingerprint density at radius 3 is 2.47 bits per heavy atom. The number of ether oxygens (including phenoxy) is 1. The van der Waals surface area contributed by atoms with Crippen molar-refractivity contribution in [3.8, 4) is 11.4 Å². The zero-order valence-corrected chi connectivity index (χ0v) is 15.9. The minimum absolute atomic E-state index is 0.206. The Kier molecular flexibility index (Phi) is 5.44. The molecule has 1 fully saturated rings. The van der Waals surface area contributed by atoms with Crippen molar-refractivity contribution in [2.45, 2.75) is 31.2 Å². The van der Waals surface area contributed by atoms with Gasteiger partial charge in [0.05, 0.1) is 17.7 Å². The monoisotopic (exact) mass is 419 g/mol. The quantitative estimate of drug-likeness (QED) is 0.657. The lowest BCUT2D eigenvalue weighted by molar-refractivity contribution is -0.137. The van der Waals surface area contributed by atoms with Crippen LogP contribution in [0.3, 0.4) is 0 Å². The van der Waals surface area contributed by atoms with Crippen LogP contribution in [-0.2, 0) is 17.5 Å². The minimum atomic E-state index is -4.38. The van der Waals surface area contributed by atoms with Crippen molar-refractivity contribution in [2.24, 2.45) is 0 Å². The molecular formula is C20H20F3N5O2. The third kappa shape index (κ3) is 4.60. The molecule has 1 saturated heterocycles. The molecule has 0 amide bonds. The van der Waals surface area contributed by atoms with Crippen molar-refractivity contribution in [3.63, 3.8) is 0 Å². The predicted molar refractivity (Wildman–Crippen MR) is 103 cm³/mol. The van der Waals surface area contributed by atoms with E-state index in [1.807, 2.05) is 0 Å². The largest absolute Gasteiger partial charge is 0.416 e. The second kappa shape index (κ2) is 8.04. The normalized spacial score (nSPS) is 16.4. The van der Waals surface area contributed by atoms with E-state index < -0.39 is 17.3 Å². The van der Waals surface area contributed by atoms with Crippen LogP contribution in [-0.4, -0.2) is 44.1 Å². The average molecular weight is 419 g/mol. The van der Waals surface area contributed by atoms with Crippen LogP contribution in [0, 0.1) is 0 Å². The lowest BCUT2D eigenvalue weighted by Crippen LogP contribution is -2.40. The first-order valence-electron chi connectivity index (χ1n) is 9.44. The molecule has 158 valence electrons. The number of nitrogens with zero attached hydrogens (tertiary/aromatic N) is 4. The molecule has 10 heteroatoms. The van der Waals surface area contributed by atoms with Crippen molar-refractivity contribution >= 4 is 11.4 Å². The Labute approximate surface area is 170 Å². The van der Waals surface area contributed by atoms with Gasteiger partial charge in [-0.2, -0.15) is 18.0 Å². The molecular weight excluding hydrogens is 399 g/mol. The number of aliphatic hydroxyl groups is 1. The fourth-order valence-electron chi connectivity index (χ4n) is 3.28. The Morgan fingerprint density at radius 2 is 1.77 bits per heavy atom. The molecule has 2 N–H and O–H groups in total. The average Bonchev–Trinajstić information content (AvgIpc) is 3.16. The Hall–Kier alpha value is -2.98. The van der Waals surface area contributed by atoms with Gasteiger partial charge in [0.1, 0.15) is 0 Å². The van der Waals surface area contributed by atoms with E-state index in [1.165, 1.54) is 16.9 Å². The number of hydrogen-bond acceptors (Lipinski definition) is 6. The number of benzene rings is 2. The van der Waals surface area contributed by atoms with Crippen LogP contribution in [0.5, 0.6) is 0 Å². The summed E-state index contributed by atoms with van der Waals surface area (Å²) in [5.74, 6) is 0.348. The first-order chi connectivity index (χ1) is 14.3. The highest BCUT2D eigenvalue weighted by Crippen LogP contribution is 2.32. The van der Waals surface area contributed by atoms with Crippen molar-refractivity contribution < 1.29 is 23.0 Å². The van der Waals surface area contributed by atoms with E-state index in [2.05, 4.69) is 20.7 Å². The van der Waals surface area contributed by atoms with E-state index in [1.54, 1.807) is 24.3 Å². The van der Waals surface area contributed by atoms with E-state index in [-0.39, 0.29) is 6.54 Å². The highest BCUT2D eigenvalue weighted by atomic mass is 19.4. The van der Waals surface area contributed by atoms with Crippen molar-refractivity contribution in [1.29, 1.82) is 0 Å². The summed E-state index contributed by atoms with van der Waals surface area (Å²) in [6.07, 6.45) is -3.39. The summed E-state index contributed by atoms with van der Waals surface area (Å²) in [4.78, 5) is 1.36. The molecule has 30 heavy (non-hydrogen) atoms. The number of para-hydroxylation sites is 1. The smallest absolute Gasteiger partial charge is 0.388 e. The van der Waals surface area contributed by atoms with Crippen LogP contribution in [0.4, 0.5) is 24.5 Å².